The molecular weight excluding hydrogens is 188 g/mol. The summed E-state index contributed by atoms with van der Waals surface area (Å²) in [7, 11) is 1.95. The van der Waals surface area contributed by atoms with E-state index in [1.807, 2.05) is 17.9 Å². The van der Waals surface area contributed by atoms with Crippen molar-refractivity contribution in [1.82, 2.24) is 20.4 Å². The molecule has 2 N–H and O–H groups in total. The van der Waals surface area contributed by atoms with Crippen LogP contribution in [-0.4, -0.2) is 28.9 Å². The van der Waals surface area contributed by atoms with Crippen molar-refractivity contribution in [1.29, 1.82) is 0 Å². The molecule has 1 saturated heterocycles. The first kappa shape index (κ1) is 10.6. The van der Waals surface area contributed by atoms with E-state index in [0.29, 0.717) is 6.04 Å². The maximum absolute atomic E-state index is 4.33. The van der Waals surface area contributed by atoms with Crippen LogP contribution in [0.2, 0.25) is 0 Å². The van der Waals surface area contributed by atoms with Gasteiger partial charge in [-0.15, -0.1) is 0 Å². The summed E-state index contributed by atoms with van der Waals surface area (Å²) >= 11 is 0. The van der Waals surface area contributed by atoms with Crippen LogP contribution in [0.3, 0.4) is 0 Å². The van der Waals surface area contributed by atoms with Crippen LogP contribution >= 0.6 is 0 Å². The van der Waals surface area contributed by atoms with Crippen molar-refractivity contribution in [2.75, 3.05) is 13.1 Å². The molecule has 0 radical (unpaired) electrons. The van der Waals surface area contributed by atoms with E-state index in [1.165, 1.54) is 25.8 Å². The summed E-state index contributed by atoms with van der Waals surface area (Å²) in [6.07, 6.45) is 5.98. The highest BCUT2D eigenvalue weighted by Gasteiger charge is 2.11. The molecule has 1 atom stereocenters. The van der Waals surface area contributed by atoms with Crippen LogP contribution in [-0.2, 0) is 13.6 Å². The van der Waals surface area contributed by atoms with Gasteiger partial charge < -0.3 is 10.6 Å². The molecule has 15 heavy (non-hydrogen) atoms. The normalized spacial score (nSPS) is 21.8. The molecule has 1 unspecified atom stereocenters. The minimum Gasteiger partial charge on any atom is -0.313 e. The fourth-order valence-electron chi connectivity index (χ4n) is 2.03. The standard InChI is InChI=1S/C11H20N4/c1-15-7-5-11(14-15)9-12-8-10-4-2-3-6-13-10/h5,7,10,12-13H,2-4,6,8-9H2,1H3. The average Bonchev–Trinajstić information content (AvgIpc) is 2.66. The fourth-order valence-corrected chi connectivity index (χ4v) is 2.03. The highest BCUT2D eigenvalue weighted by atomic mass is 15.3. The monoisotopic (exact) mass is 208 g/mol. The molecule has 1 fully saturated rings. The Hall–Kier alpha value is -0.870. The van der Waals surface area contributed by atoms with Crippen molar-refractivity contribution in [3.63, 3.8) is 0 Å². The molecule has 0 amide bonds. The first-order chi connectivity index (χ1) is 7.34. The third kappa shape index (κ3) is 3.32. The van der Waals surface area contributed by atoms with Gasteiger partial charge in [0.25, 0.3) is 0 Å². The van der Waals surface area contributed by atoms with Gasteiger partial charge in [-0.1, -0.05) is 6.42 Å². The van der Waals surface area contributed by atoms with E-state index in [1.54, 1.807) is 0 Å². The summed E-state index contributed by atoms with van der Waals surface area (Å²) in [6.45, 7) is 3.10. The Balaban J connectivity index is 1.65. The van der Waals surface area contributed by atoms with Gasteiger partial charge in [-0.25, -0.2) is 0 Å². The molecule has 0 bridgehead atoms. The van der Waals surface area contributed by atoms with Gasteiger partial charge in [0.05, 0.1) is 5.69 Å². The van der Waals surface area contributed by atoms with Gasteiger partial charge in [0, 0.05) is 32.4 Å². The van der Waals surface area contributed by atoms with Crippen molar-refractivity contribution in [2.24, 2.45) is 7.05 Å². The number of nitrogens with one attached hydrogen (secondary N) is 2. The van der Waals surface area contributed by atoms with Crippen molar-refractivity contribution >= 4 is 0 Å². The lowest BCUT2D eigenvalue weighted by molar-refractivity contribution is 0.382. The molecule has 4 heteroatoms. The molecule has 0 saturated carbocycles. The van der Waals surface area contributed by atoms with Crippen LogP contribution in [0.15, 0.2) is 12.3 Å². The topological polar surface area (TPSA) is 41.9 Å². The summed E-state index contributed by atoms with van der Waals surface area (Å²) in [5.41, 5.74) is 1.12. The van der Waals surface area contributed by atoms with Crippen LogP contribution in [0.4, 0.5) is 0 Å². The average molecular weight is 208 g/mol. The lowest BCUT2D eigenvalue weighted by atomic mass is 10.1. The van der Waals surface area contributed by atoms with Gasteiger partial charge in [-0.3, -0.25) is 4.68 Å². The number of rotatable bonds is 4. The predicted molar refractivity (Wildman–Crippen MR) is 60.6 cm³/mol. The Labute approximate surface area is 91.1 Å². The highest BCUT2D eigenvalue weighted by molar-refractivity contribution is 4.98. The molecule has 0 aromatic carbocycles. The van der Waals surface area contributed by atoms with E-state index in [4.69, 9.17) is 0 Å². The molecule has 2 heterocycles. The minimum atomic E-state index is 0.655. The molecule has 1 aliphatic rings. The maximum atomic E-state index is 4.33. The van der Waals surface area contributed by atoms with E-state index in [-0.39, 0.29) is 0 Å². The molecular formula is C11H20N4. The highest BCUT2D eigenvalue weighted by Crippen LogP contribution is 2.05. The number of aromatic nitrogens is 2. The largest absolute Gasteiger partial charge is 0.313 e. The number of hydrogen-bond donors (Lipinski definition) is 2. The van der Waals surface area contributed by atoms with Crippen LogP contribution in [0.25, 0.3) is 0 Å². The van der Waals surface area contributed by atoms with Crippen LogP contribution < -0.4 is 10.6 Å². The summed E-state index contributed by atoms with van der Waals surface area (Å²) in [6, 6.07) is 2.71. The van der Waals surface area contributed by atoms with Crippen molar-refractivity contribution < 1.29 is 0 Å². The lowest BCUT2D eigenvalue weighted by Gasteiger charge is -2.23. The molecule has 1 aliphatic heterocycles. The summed E-state index contributed by atoms with van der Waals surface area (Å²) in [4.78, 5) is 0. The zero-order chi connectivity index (χ0) is 10.5. The summed E-state index contributed by atoms with van der Waals surface area (Å²) < 4.78 is 1.84. The predicted octanol–water partition coefficient (Wildman–Crippen LogP) is 0.652. The minimum absolute atomic E-state index is 0.655. The smallest absolute Gasteiger partial charge is 0.0762 e. The Morgan fingerprint density at radius 1 is 1.60 bits per heavy atom. The fraction of sp³-hybridized carbons (Fsp3) is 0.727. The van der Waals surface area contributed by atoms with Gasteiger partial charge in [0.1, 0.15) is 0 Å². The van der Waals surface area contributed by atoms with Gasteiger partial charge in [0.2, 0.25) is 0 Å². The van der Waals surface area contributed by atoms with Gasteiger partial charge >= 0.3 is 0 Å². The van der Waals surface area contributed by atoms with Crippen molar-refractivity contribution in [2.45, 2.75) is 31.8 Å². The van der Waals surface area contributed by atoms with Gasteiger partial charge in [-0.05, 0) is 25.5 Å². The van der Waals surface area contributed by atoms with Crippen molar-refractivity contribution in [3.05, 3.63) is 18.0 Å². The molecule has 0 aliphatic carbocycles. The Kier molecular flexibility index (Phi) is 3.75. The SMILES string of the molecule is Cn1ccc(CNCC2CCCCN2)n1. The molecule has 0 spiro atoms. The first-order valence-electron chi connectivity index (χ1n) is 5.77. The van der Waals surface area contributed by atoms with E-state index in [9.17, 15) is 0 Å². The van der Waals surface area contributed by atoms with E-state index >= 15 is 0 Å². The summed E-state index contributed by atoms with van der Waals surface area (Å²) in [5, 5.41) is 11.3. The third-order valence-electron chi connectivity index (χ3n) is 2.88. The number of hydrogen-bond acceptors (Lipinski definition) is 3. The van der Waals surface area contributed by atoms with Gasteiger partial charge in [-0.2, -0.15) is 5.10 Å². The molecule has 4 nitrogen and oxygen atoms in total. The second-order valence-electron chi connectivity index (χ2n) is 4.26. The Bertz CT molecular complexity index is 289. The lowest BCUT2D eigenvalue weighted by Crippen LogP contribution is -2.41. The zero-order valence-electron chi connectivity index (χ0n) is 9.37. The van der Waals surface area contributed by atoms with E-state index < -0.39 is 0 Å². The van der Waals surface area contributed by atoms with E-state index in [2.05, 4.69) is 21.8 Å². The second-order valence-corrected chi connectivity index (χ2v) is 4.26. The second kappa shape index (κ2) is 5.28. The summed E-state index contributed by atoms with van der Waals surface area (Å²) in [5.74, 6) is 0. The molecule has 1 aromatic rings. The quantitative estimate of drug-likeness (QED) is 0.763. The first-order valence-corrected chi connectivity index (χ1v) is 5.77. The maximum Gasteiger partial charge on any atom is 0.0762 e. The molecule has 2 rings (SSSR count). The number of aryl methyl sites for hydroxylation is 1. The van der Waals surface area contributed by atoms with E-state index in [0.717, 1.165) is 18.8 Å². The number of piperidine rings is 1. The number of nitrogens with zero attached hydrogens (tertiary/aromatic N) is 2. The molecule has 1 aromatic heterocycles. The molecule has 84 valence electrons. The zero-order valence-corrected chi connectivity index (χ0v) is 9.37. The van der Waals surface area contributed by atoms with Gasteiger partial charge in [0.15, 0.2) is 0 Å². The van der Waals surface area contributed by atoms with Crippen LogP contribution in [0.1, 0.15) is 25.0 Å². The van der Waals surface area contributed by atoms with Crippen LogP contribution in [0.5, 0.6) is 0 Å². The third-order valence-corrected chi connectivity index (χ3v) is 2.88. The Morgan fingerprint density at radius 2 is 2.53 bits per heavy atom. The van der Waals surface area contributed by atoms with Crippen molar-refractivity contribution in [3.8, 4) is 0 Å². The van der Waals surface area contributed by atoms with Crippen LogP contribution in [0, 0.1) is 0 Å². The Morgan fingerprint density at radius 3 is 3.20 bits per heavy atom.